The lowest BCUT2D eigenvalue weighted by atomic mass is 10.1. The minimum atomic E-state index is -4.63. The summed E-state index contributed by atoms with van der Waals surface area (Å²) in [5, 5.41) is 3.23. The van der Waals surface area contributed by atoms with Crippen molar-refractivity contribution >= 4 is 28.2 Å². The molecule has 150 valence electrons. The molecular weight excluding hydrogens is 419 g/mol. The molecular formula is C18H10ClF5N4O. The number of halogens is 6. The zero-order chi connectivity index (χ0) is 20.9. The molecule has 4 aromatic rings. The molecule has 0 spiro atoms. The summed E-state index contributed by atoms with van der Waals surface area (Å²) in [6.07, 6.45) is -3.23. The van der Waals surface area contributed by atoms with Gasteiger partial charge in [-0.25, -0.2) is 8.78 Å². The number of hydrogen-bond acceptors (Lipinski definition) is 4. The molecule has 0 saturated carbocycles. The van der Waals surface area contributed by atoms with Gasteiger partial charge in [-0.3, -0.25) is 0 Å². The van der Waals surface area contributed by atoms with Crippen LogP contribution in [0.25, 0.3) is 22.4 Å². The zero-order valence-electron chi connectivity index (χ0n) is 14.3. The molecule has 2 aromatic carbocycles. The number of aromatic nitrogens is 3. The van der Waals surface area contributed by atoms with Crippen LogP contribution in [0.2, 0.25) is 5.02 Å². The van der Waals surface area contributed by atoms with Gasteiger partial charge in [-0.2, -0.15) is 18.2 Å². The second-order valence-corrected chi connectivity index (χ2v) is 6.55. The largest absolute Gasteiger partial charge is 0.419 e. The summed E-state index contributed by atoms with van der Waals surface area (Å²) in [6.45, 7) is -0.0992. The summed E-state index contributed by atoms with van der Waals surface area (Å²) in [5.41, 5.74) is 3.81. The van der Waals surface area contributed by atoms with E-state index in [-0.39, 0.29) is 28.3 Å². The lowest BCUT2D eigenvalue weighted by molar-refractivity contribution is -0.135. The van der Waals surface area contributed by atoms with Gasteiger partial charge in [-0.15, -0.1) is 0 Å². The Balaban J connectivity index is 1.72. The average Bonchev–Trinajstić information content (AvgIpc) is 3.25. The number of hydrogen-bond donors (Lipinski definition) is 1. The first-order chi connectivity index (χ1) is 13.7. The van der Waals surface area contributed by atoms with Crippen molar-refractivity contribution in [3.63, 3.8) is 0 Å². The first-order valence-electron chi connectivity index (χ1n) is 8.08. The van der Waals surface area contributed by atoms with E-state index < -0.39 is 40.5 Å². The van der Waals surface area contributed by atoms with Crippen LogP contribution in [0.3, 0.4) is 0 Å². The second-order valence-electron chi connectivity index (χ2n) is 6.14. The van der Waals surface area contributed by atoms with Crippen molar-refractivity contribution in [3.05, 3.63) is 64.6 Å². The Labute approximate surface area is 164 Å². The van der Waals surface area contributed by atoms with Crippen LogP contribution in [0.1, 0.15) is 11.4 Å². The van der Waals surface area contributed by atoms with Gasteiger partial charge in [0.2, 0.25) is 0 Å². The Kier molecular flexibility index (Phi) is 4.45. The summed E-state index contributed by atoms with van der Waals surface area (Å²) >= 11 is 5.65. The van der Waals surface area contributed by atoms with Crippen molar-refractivity contribution in [1.82, 2.24) is 14.7 Å². The Morgan fingerprint density at radius 2 is 1.86 bits per heavy atom. The van der Waals surface area contributed by atoms with E-state index in [0.717, 1.165) is 18.2 Å². The molecule has 11 heteroatoms. The normalized spacial score (nSPS) is 12.1. The van der Waals surface area contributed by atoms with E-state index in [2.05, 4.69) is 10.1 Å². The third kappa shape index (κ3) is 3.29. The van der Waals surface area contributed by atoms with Crippen molar-refractivity contribution in [1.29, 1.82) is 0 Å². The van der Waals surface area contributed by atoms with Crippen LogP contribution >= 0.6 is 11.6 Å². The number of nitrogens with zero attached hydrogens (tertiary/aromatic N) is 3. The SMILES string of the molecule is Nc1ccc2c(ccn2Cc2noc(-c3c(F)ccc(Cl)c3F)n2)c1C(F)(F)F. The number of nitrogens with two attached hydrogens (primary N) is 1. The Morgan fingerprint density at radius 3 is 2.59 bits per heavy atom. The fraction of sp³-hybridized carbons (Fsp3) is 0.111. The van der Waals surface area contributed by atoms with Gasteiger partial charge in [0.25, 0.3) is 5.89 Å². The van der Waals surface area contributed by atoms with Crippen molar-refractivity contribution in [2.75, 3.05) is 5.73 Å². The number of fused-ring (bicyclic) bond motifs is 1. The highest BCUT2D eigenvalue weighted by Crippen LogP contribution is 2.39. The van der Waals surface area contributed by atoms with E-state index in [1.165, 1.54) is 22.9 Å². The van der Waals surface area contributed by atoms with Gasteiger partial charge in [-0.05, 0) is 30.3 Å². The molecule has 4 rings (SSSR count). The second kappa shape index (κ2) is 6.73. The minimum absolute atomic E-state index is 0.00154. The van der Waals surface area contributed by atoms with Gasteiger partial charge in [-0.1, -0.05) is 16.8 Å². The smallest absolute Gasteiger partial charge is 0.398 e. The molecule has 0 unspecified atom stereocenters. The van der Waals surface area contributed by atoms with Gasteiger partial charge in [0.15, 0.2) is 11.6 Å². The van der Waals surface area contributed by atoms with Gasteiger partial charge < -0.3 is 14.8 Å². The summed E-state index contributed by atoms with van der Waals surface area (Å²) in [6, 6.07) is 5.85. The van der Waals surface area contributed by atoms with Crippen LogP contribution in [-0.2, 0) is 12.7 Å². The Bertz CT molecular complexity index is 1230. The molecule has 0 amide bonds. The molecule has 2 N–H and O–H groups in total. The van der Waals surface area contributed by atoms with Crippen LogP contribution in [-0.4, -0.2) is 14.7 Å². The molecule has 0 fully saturated rings. The minimum Gasteiger partial charge on any atom is -0.398 e. The van der Waals surface area contributed by atoms with E-state index in [1.807, 2.05) is 0 Å². The highest BCUT2D eigenvalue weighted by Gasteiger charge is 2.35. The maximum Gasteiger partial charge on any atom is 0.419 e. The van der Waals surface area contributed by atoms with Gasteiger partial charge in [0, 0.05) is 22.8 Å². The van der Waals surface area contributed by atoms with Gasteiger partial charge in [0.1, 0.15) is 11.4 Å². The zero-order valence-corrected chi connectivity index (χ0v) is 15.0. The van der Waals surface area contributed by atoms with Crippen molar-refractivity contribution in [2.24, 2.45) is 0 Å². The third-order valence-corrected chi connectivity index (χ3v) is 4.60. The van der Waals surface area contributed by atoms with Gasteiger partial charge in [0.05, 0.1) is 17.1 Å². The average molecular weight is 429 g/mol. The molecule has 2 aromatic heterocycles. The molecule has 2 heterocycles. The first-order valence-corrected chi connectivity index (χ1v) is 8.45. The predicted octanol–water partition coefficient (Wildman–Crippen LogP) is 5.27. The lowest BCUT2D eigenvalue weighted by Gasteiger charge is -2.12. The standard InChI is InChI=1S/C18H10ClF5N4O/c19-9-1-2-10(20)14(16(9)21)17-26-13(27-29-17)7-28-6-5-8-12(28)4-3-11(25)15(8)18(22,23)24/h1-6H,7,25H2. The van der Waals surface area contributed by atoms with E-state index in [4.69, 9.17) is 21.9 Å². The predicted molar refractivity (Wildman–Crippen MR) is 95.1 cm³/mol. The van der Waals surface area contributed by atoms with Crippen molar-refractivity contribution < 1.29 is 26.5 Å². The van der Waals surface area contributed by atoms with E-state index in [9.17, 15) is 22.0 Å². The molecule has 0 aliphatic heterocycles. The number of rotatable bonds is 3. The molecule has 5 nitrogen and oxygen atoms in total. The number of benzene rings is 2. The van der Waals surface area contributed by atoms with E-state index in [0.29, 0.717) is 0 Å². The van der Waals surface area contributed by atoms with E-state index >= 15 is 0 Å². The third-order valence-electron chi connectivity index (χ3n) is 4.31. The number of alkyl halides is 3. The summed E-state index contributed by atoms with van der Waals surface area (Å²) in [7, 11) is 0. The van der Waals surface area contributed by atoms with Crippen LogP contribution in [0.4, 0.5) is 27.6 Å². The summed E-state index contributed by atoms with van der Waals surface area (Å²) in [5.74, 6) is -2.44. The maximum atomic E-state index is 14.1. The molecule has 0 radical (unpaired) electrons. The van der Waals surface area contributed by atoms with Crippen LogP contribution < -0.4 is 5.73 Å². The van der Waals surface area contributed by atoms with Crippen LogP contribution in [0.5, 0.6) is 0 Å². The van der Waals surface area contributed by atoms with E-state index in [1.54, 1.807) is 0 Å². The molecule has 29 heavy (non-hydrogen) atoms. The molecule has 0 bridgehead atoms. The summed E-state index contributed by atoms with van der Waals surface area (Å²) < 4.78 is 74.3. The maximum absolute atomic E-state index is 14.1. The summed E-state index contributed by atoms with van der Waals surface area (Å²) in [4.78, 5) is 3.93. The fourth-order valence-corrected chi connectivity index (χ4v) is 3.20. The molecule has 0 aliphatic rings. The number of nitrogen functional groups attached to an aromatic ring is 1. The monoisotopic (exact) mass is 428 g/mol. The highest BCUT2D eigenvalue weighted by molar-refractivity contribution is 6.31. The molecule has 0 atom stereocenters. The Hall–Kier alpha value is -3.14. The fourth-order valence-electron chi connectivity index (χ4n) is 3.04. The quantitative estimate of drug-likeness (QED) is 0.274. The Morgan fingerprint density at radius 1 is 1.10 bits per heavy atom. The lowest BCUT2D eigenvalue weighted by Crippen LogP contribution is -2.09. The first kappa shape index (κ1) is 19.2. The van der Waals surface area contributed by atoms with Crippen LogP contribution in [0.15, 0.2) is 41.1 Å². The highest BCUT2D eigenvalue weighted by atomic mass is 35.5. The van der Waals surface area contributed by atoms with Crippen LogP contribution in [0, 0.1) is 11.6 Å². The topological polar surface area (TPSA) is 69.9 Å². The van der Waals surface area contributed by atoms with Crippen molar-refractivity contribution in [2.45, 2.75) is 12.7 Å². The molecule has 0 saturated heterocycles. The molecule has 0 aliphatic carbocycles. The van der Waals surface area contributed by atoms with Gasteiger partial charge >= 0.3 is 6.18 Å². The van der Waals surface area contributed by atoms with Crippen molar-refractivity contribution in [3.8, 4) is 11.5 Å². The number of anilines is 1.